The molecule has 0 spiro atoms. The van der Waals surface area contributed by atoms with Gasteiger partial charge in [0.2, 0.25) is 5.91 Å². The quantitative estimate of drug-likeness (QED) is 0.621. The maximum atomic E-state index is 10.7. The molecule has 0 aromatic heterocycles. The molecular formula is C8H15NO3. The molecule has 0 saturated heterocycles. The Bertz CT molecular complexity index is 179. The third-order valence-electron chi connectivity index (χ3n) is 1.63. The third kappa shape index (κ3) is 3.48. The standard InChI is InChI=1S/C8H15NO3/c1-4-7(9-6(3)11)8(12)5(2)10/h7-8,12H,4H2,1-3H3,(H,9,11)/t7-,8+/m0/s1. The normalized spacial score (nSPS) is 15.0. The Hall–Kier alpha value is -0.900. The average molecular weight is 173 g/mol. The smallest absolute Gasteiger partial charge is 0.217 e. The summed E-state index contributed by atoms with van der Waals surface area (Å²) in [6, 6.07) is -0.458. The highest BCUT2D eigenvalue weighted by Gasteiger charge is 2.21. The fourth-order valence-corrected chi connectivity index (χ4v) is 0.949. The van der Waals surface area contributed by atoms with Crippen molar-refractivity contribution in [1.82, 2.24) is 5.32 Å². The van der Waals surface area contributed by atoms with E-state index in [4.69, 9.17) is 0 Å². The molecule has 0 aliphatic carbocycles. The van der Waals surface area contributed by atoms with Crippen molar-refractivity contribution in [3.8, 4) is 0 Å². The van der Waals surface area contributed by atoms with Crippen LogP contribution in [0.3, 0.4) is 0 Å². The van der Waals surface area contributed by atoms with Gasteiger partial charge in [-0.05, 0) is 13.3 Å². The topological polar surface area (TPSA) is 66.4 Å². The molecule has 0 fully saturated rings. The van der Waals surface area contributed by atoms with Crippen LogP contribution in [0, 0.1) is 0 Å². The Kier molecular flexibility index (Phi) is 4.51. The first-order valence-electron chi connectivity index (χ1n) is 3.94. The van der Waals surface area contributed by atoms with Crippen molar-refractivity contribution >= 4 is 11.7 Å². The maximum Gasteiger partial charge on any atom is 0.217 e. The second kappa shape index (κ2) is 4.87. The van der Waals surface area contributed by atoms with Crippen molar-refractivity contribution in [2.24, 2.45) is 0 Å². The van der Waals surface area contributed by atoms with Gasteiger partial charge in [-0.15, -0.1) is 0 Å². The lowest BCUT2D eigenvalue weighted by atomic mass is 10.1. The molecule has 4 heteroatoms. The number of aliphatic hydroxyl groups excluding tert-OH is 1. The van der Waals surface area contributed by atoms with Gasteiger partial charge in [0, 0.05) is 6.92 Å². The van der Waals surface area contributed by atoms with E-state index in [1.807, 2.05) is 0 Å². The van der Waals surface area contributed by atoms with Gasteiger partial charge in [-0.2, -0.15) is 0 Å². The van der Waals surface area contributed by atoms with Gasteiger partial charge >= 0.3 is 0 Å². The summed E-state index contributed by atoms with van der Waals surface area (Å²) in [6.07, 6.45) is -0.542. The molecule has 0 bridgehead atoms. The summed E-state index contributed by atoms with van der Waals surface area (Å²) < 4.78 is 0. The van der Waals surface area contributed by atoms with Gasteiger partial charge < -0.3 is 10.4 Å². The summed E-state index contributed by atoms with van der Waals surface area (Å²) >= 11 is 0. The summed E-state index contributed by atoms with van der Waals surface area (Å²) in [7, 11) is 0. The summed E-state index contributed by atoms with van der Waals surface area (Å²) in [5.74, 6) is -0.558. The number of aliphatic hydroxyl groups is 1. The molecule has 0 aliphatic rings. The Morgan fingerprint density at radius 3 is 2.17 bits per heavy atom. The minimum absolute atomic E-state index is 0.234. The number of amides is 1. The van der Waals surface area contributed by atoms with Crippen LogP contribution in [0.4, 0.5) is 0 Å². The van der Waals surface area contributed by atoms with E-state index >= 15 is 0 Å². The molecule has 0 aliphatic heterocycles. The molecular weight excluding hydrogens is 158 g/mol. The van der Waals surface area contributed by atoms with E-state index in [0.717, 1.165) is 0 Å². The average Bonchev–Trinajstić information content (AvgIpc) is 1.98. The molecule has 0 aromatic carbocycles. The third-order valence-corrected chi connectivity index (χ3v) is 1.63. The van der Waals surface area contributed by atoms with E-state index in [2.05, 4.69) is 5.32 Å². The molecule has 12 heavy (non-hydrogen) atoms. The maximum absolute atomic E-state index is 10.7. The first-order valence-corrected chi connectivity index (χ1v) is 3.94. The molecule has 4 nitrogen and oxygen atoms in total. The van der Waals surface area contributed by atoms with Crippen LogP contribution in [-0.4, -0.2) is 28.9 Å². The monoisotopic (exact) mass is 173 g/mol. The van der Waals surface area contributed by atoms with E-state index < -0.39 is 12.1 Å². The van der Waals surface area contributed by atoms with E-state index in [-0.39, 0.29) is 11.7 Å². The second-order valence-corrected chi connectivity index (χ2v) is 2.77. The van der Waals surface area contributed by atoms with Gasteiger partial charge in [0.05, 0.1) is 6.04 Å². The van der Waals surface area contributed by atoms with Crippen molar-refractivity contribution < 1.29 is 14.7 Å². The van der Waals surface area contributed by atoms with Crippen LogP contribution in [0.1, 0.15) is 27.2 Å². The van der Waals surface area contributed by atoms with Gasteiger partial charge in [-0.1, -0.05) is 6.92 Å². The Balaban J connectivity index is 4.14. The molecule has 2 N–H and O–H groups in total. The second-order valence-electron chi connectivity index (χ2n) is 2.77. The SMILES string of the molecule is CC[C@H](NC(C)=O)[C@H](O)C(C)=O. The zero-order chi connectivity index (χ0) is 9.72. The highest BCUT2D eigenvalue weighted by atomic mass is 16.3. The Morgan fingerprint density at radius 2 is 1.92 bits per heavy atom. The number of carbonyl (C=O) groups is 2. The Labute approximate surface area is 72.0 Å². The highest BCUT2D eigenvalue weighted by Crippen LogP contribution is 1.99. The van der Waals surface area contributed by atoms with E-state index in [1.54, 1.807) is 6.92 Å². The number of nitrogens with one attached hydrogen (secondary N) is 1. The van der Waals surface area contributed by atoms with Crippen LogP contribution in [0.5, 0.6) is 0 Å². The summed E-state index contributed by atoms with van der Waals surface area (Å²) in [5, 5.41) is 11.8. The molecule has 0 aromatic rings. The number of Topliss-reactive ketones (excluding diaryl/α,β-unsaturated/α-hetero) is 1. The van der Waals surface area contributed by atoms with E-state index in [1.165, 1.54) is 13.8 Å². The zero-order valence-electron chi connectivity index (χ0n) is 7.63. The van der Waals surface area contributed by atoms with Crippen LogP contribution >= 0.6 is 0 Å². The fourth-order valence-electron chi connectivity index (χ4n) is 0.949. The van der Waals surface area contributed by atoms with Gasteiger partial charge in [0.15, 0.2) is 5.78 Å². The molecule has 0 unspecified atom stereocenters. The fraction of sp³-hybridized carbons (Fsp3) is 0.750. The molecule has 0 heterocycles. The first-order chi connectivity index (χ1) is 5.49. The van der Waals surface area contributed by atoms with Crippen molar-refractivity contribution in [3.63, 3.8) is 0 Å². The predicted molar refractivity (Wildman–Crippen MR) is 44.6 cm³/mol. The molecule has 70 valence electrons. The van der Waals surface area contributed by atoms with E-state index in [0.29, 0.717) is 6.42 Å². The number of carbonyl (C=O) groups excluding carboxylic acids is 2. The van der Waals surface area contributed by atoms with Crippen molar-refractivity contribution in [3.05, 3.63) is 0 Å². The van der Waals surface area contributed by atoms with Gasteiger partial charge in [-0.3, -0.25) is 9.59 Å². The number of hydrogen-bond acceptors (Lipinski definition) is 3. The minimum atomic E-state index is -1.08. The molecule has 0 saturated carbocycles. The summed E-state index contributed by atoms with van der Waals surface area (Å²) in [6.45, 7) is 4.46. The first kappa shape index (κ1) is 11.1. The molecule has 0 radical (unpaired) electrons. The van der Waals surface area contributed by atoms with Crippen LogP contribution < -0.4 is 5.32 Å². The van der Waals surface area contributed by atoms with Crippen molar-refractivity contribution in [2.75, 3.05) is 0 Å². The Morgan fingerprint density at radius 1 is 1.42 bits per heavy atom. The lowest BCUT2D eigenvalue weighted by Gasteiger charge is -2.19. The largest absolute Gasteiger partial charge is 0.383 e. The van der Waals surface area contributed by atoms with Gasteiger partial charge in [-0.25, -0.2) is 0 Å². The summed E-state index contributed by atoms with van der Waals surface area (Å²) in [4.78, 5) is 21.3. The molecule has 1 amide bonds. The lowest BCUT2D eigenvalue weighted by molar-refractivity contribution is -0.128. The minimum Gasteiger partial charge on any atom is -0.383 e. The highest BCUT2D eigenvalue weighted by molar-refractivity contribution is 5.82. The van der Waals surface area contributed by atoms with Crippen LogP contribution in [0.25, 0.3) is 0 Å². The van der Waals surface area contributed by atoms with Crippen molar-refractivity contribution in [2.45, 2.75) is 39.3 Å². The van der Waals surface area contributed by atoms with Crippen LogP contribution in [0.15, 0.2) is 0 Å². The number of ketones is 1. The predicted octanol–water partition coefficient (Wildman–Crippen LogP) is -0.149. The number of hydrogen-bond donors (Lipinski definition) is 2. The lowest BCUT2D eigenvalue weighted by Crippen LogP contribution is -2.45. The zero-order valence-corrected chi connectivity index (χ0v) is 7.63. The molecule has 0 rings (SSSR count). The van der Waals surface area contributed by atoms with Gasteiger partial charge in [0.1, 0.15) is 6.10 Å². The van der Waals surface area contributed by atoms with Crippen LogP contribution in [-0.2, 0) is 9.59 Å². The van der Waals surface area contributed by atoms with Gasteiger partial charge in [0.25, 0.3) is 0 Å². The molecule has 2 atom stereocenters. The number of rotatable bonds is 4. The summed E-state index contributed by atoms with van der Waals surface area (Å²) in [5.41, 5.74) is 0. The van der Waals surface area contributed by atoms with E-state index in [9.17, 15) is 14.7 Å². The van der Waals surface area contributed by atoms with Crippen molar-refractivity contribution in [1.29, 1.82) is 0 Å². The van der Waals surface area contributed by atoms with Crippen LogP contribution in [0.2, 0.25) is 0 Å².